The fourth-order valence-electron chi connectivity index (χ4n) is 5.04. The third kappa shape index (κ3) is 4.15. The van der Waals surface area contributed by atoms with Crippen LogP contribution in [0.2, 0.25) is 0 Å². The summed E-state index contributed by atoms with van der Waals surface area (Å²) >= 11 is 0. The zero-order chi connectivity index (χ0) is 20.5. The van der Waals surface area contributed by atoms with Crippen LogP contribution in [-0.2, 0) is 6.42 Å². The summed E-state index contributed by atoms with van der Waals surface area (Å²) in [6.45, 7) is 5.04. The molecule has 0 saturated carbocycles. The summed E-state index contributed by atoms with van der Waals surface area (Å²) in [6.07, 6.45) is 5.21. The van der Waals surface area contributed by atoms with Crippen LogP contribution in [0.3, 0.4) is 0 Å². The monoisotopic (exact) mass is 396 g/mol. The van der Waals surface area contributed by atoms with Crippen molar-refractivity contribution in [2.24, 2.45) is 0 Å². The molecular formula is C24H29FN2O2. The normalized spacial score (nSPS) is 23.9. The Hall–Kier alpha value is -2.40. The molecule has 0 aromatic heterocycles. The topological polar surface area (TPSA) is 52.6 Å². The Morgan fingerprint density at radius 3 is 2.55 bits per heavy atom. The van der Waals surface area contributed by atoms with Gasteiger partial charge in [-0.1, -0.05) is 12.1 Å². The smallest absolute Gasteiger partial charge is 0.251 e. The lowest BCUT2D eigenvalue weighted by atomic mass is 9.95. The zero-order valence-corrected chi connectivity index (χ0v) is 17.1. The third-order valence-corrected chi connectivity index (χ3v) is 6.82. The molecular weight excluding hydrogens is 367 g/mol. The van der Waals surface area contributed by atoms with Crippen molar-refractivity contribution in [3.8, 4) is 5.75 Å². The highest BCUT2D eigenvalue weighted by Crippen LogP contribution is 2.36. The lowest BCUT2D eigenvalue weighted by Gasteiger charge is -2.39. The molecule has 2 N–H and O–H groups in total. The van der Waals surface area contributed by atoms with E-state index < -0.39 is 0 Å². The van der Waals surface area contributed by atoms with Gasteiger partial charge in [0.2, 0.25) is 0 Å². The van der Waals surface area contributed by atoms with Crippen LogP contribution in [0.25, 0.3) is 0 Å². The Bertz CT molecular complexity index is 900. The van der Waals surface area contributed by atoms with E-state index in [9.17, 15) is 14.3 Å². The average molecular weight is 397 g/mol. The predicted molar refractivity (Wildman–Crippen MR) is 112 cm³/mol. The van der Waals surface area contributed by atoms with Crippen molar-refractivity contribution < 1.29 is 14.3 Å². The maximum Gasteiger partial charge on any atom is 0.251 e. The zero-order valence-electron chi connectivity index (χ0n) is 17.1. The largest absolute Gasteiger partial charge is 0.508 e. The number of aromatic hydroxyl groups is 1. The van der Waals surface area contributed by atoms with Gasteiger partial charge in [0.1, 0.15) is 11.6 Å². The summed E-state index contributed by atoms with van der Waals surface area (Å²) in [6, 6.07) is 10.8. The first-order chi connectivity index (χ1) is 13.9. The summed E-state index contributed by atoms with van der Waals surface area (Å²) in [5.74, 6) is -0.203. The van der Waals surface area contributed by atoms with Gasteiger partial charge >= 0.3 is 0 Å². The van der Waals surface area contributed by atoms with Gasteiger partial charge in [0.25, 0.3) is 5.91 Å². The Kier molecular flexibility index (Phi) is 5.59. The minimum atomic E-state index is -0.382. The number of carbonyl (C=O) groups is 1. The first-order valence-electron chi connectivity index (χ1n) is 10.5. The van der Waals surface area contributed by atoms with E-state index in [2.05, 4.69) is 17.1 Å². The van der Waals surface area contributed by atoms with Gasteiger partial charge < -0.3 is 10.4 Å². The summed E-state index contributed by atoms with van der Waals surface area (Å²) in [5.41, 5.74) is 3.82. The molecule has 29 heavy (non-hydrogen) atoms. The van der Waals surface area contributed by atoms with Crippen molar-refractivity contribution in [1.29, 1.82) is 0 Å². The second-order valence-electron chi connectivity index (χ2n) is 8.52. The highest BCUT2D eigenvalue weighted by Gasteiger charge is 2.40. The highest BCUT2D eigenvalue weighted by atomic mass is 19.1. The fourth-order valence-corrected chi connectivity index (χ4v) is 5.04. The molecule has 2 aromatic rings. The molecule has 4 nitrogen and oxygen atoms in total. The molecule has 2 aromatic carbocycles. The van der Waals surface area contributed by atoms with Crippen LogP contribution in [0, 0.1) is 19.7 Å². The van der Waals surface area contributed by atoms with Gasteiger partial charge in [-0.15, -0.1) is 0 Å². The van der Waals surface area contributed by atoms with E-state index in [-0.39, 0.29) is 17.8 Å². The molecule has 154 valence electrons. The van der Waals surface area contributed by atoms with E-state index in [4.69, 9.17) is 0 Å². The molecule has 4 rings (SSSR count). The number of phenolic OH excluding ortho intramolecular Hbond substituents is 1. The number of rotatable bonds is 5. The Morgan fingerprint density at radius 1 is 1.14 bits per heavy atom. The number of piperidine rings is 1. The van der Waals surface area contributed by atoms with Gasteiger partial charge in [-0.25, -0.2) is 4.39 Å². The molecule has 2 unspecified atom stereocenters. The molecule has 5 heteroatoms. The maximum absolute atomic E-state index is 13.4. The van der Waals surface area contributed by atoms with E-state index in [1.807, 2.05) is 13.0 Å². The lowest BCUT2D eigenvalue weighted by Crippen LogP contribution is -2.50. The number of hydrogen-bond donors (Lipinski definition) is 2. The van der Waals surface area contributed by atoms with Crippen LogP contribution in [0.5, 0.6) is 5.75 Å². The molecule has 0 aliphatic carbocycles. The third-order valence-electron chi connectivity index (χ3n) is 6.82. The minimum absolute atomic E-state index is 0.150. The van der Waals surface area contributed by atoms with E-state index in [0.29, 0.717) is 23.4 Å². The van der Waals surface area contributed by atoms with Crippen LogP contribution >= 0.6 is 0 Å². The van der Waals surface area contributed by atoms with E-state index in [1.165, 1.54) is 36.1 Å². The molecule has 2 heterocycles. The second kappa shape index (κ2) is 8.15. The Morgan fingerprint density at radius 2 is 1.86 bits per heavy atom. The standard InChI is InChI=1S/C24H29FN2O2/c1-15-16(2)23(28)9-6-17(15)10-11-27-21-7-8-22(27)14-20(13-21)26-24(29)18-4-3-5-19(25)12-18/h3-6,9,12,20-22,28H,7-8,10-11,13-14H2,1-2H3,(H,26,29). The summed E-state index contributed by atoms with van der Waals surface area (Å²) in [7, 11) is 0. The summed E-state index contributed by atoms with van der Waals surface area (Å²) < 4.78 is 13.4. The van der Waals surface area contributed by atoms with Gasteiger partial charge in [0.05, 0.1) is 0 Å². The summed E-state index contributed by atoms with van der Waals surface area (Å²) in [5, 5.41) is 13.0. The molecule has 2 saturated heterocycles. The maximum atomic E-state index is 13.4. The molecule has 0 spiro atoms. The number of nitrogens with zero attached hydrogens (tertiary/aromatic N) is 1. The number of nitrogens with one attached hydrogen (secondary N) is 1. The molecule has 2 aliphatic heterocycles. The summed E-state index contributed by atoms with van der Waals surface area (Å²) in [4.78, 5) is 15.1. The number of halogens is 1. The fraction of sp³-hybridized carbons (Fsp3) is 0.458. The quantitative estimate of drug-likeness (QED) is 0.800. The van der Waals surface area contributed by atoms with Crippen molar-refractivity contribution in [2.75, 3.05) is 6.54 Å². The number of hydrogen-bond acceptors (Lipinski definition) is 3. The van der Waals surface area contributed by atoms with Gasteiger partial charge in [0, 0.05) is 30.2 Å². The van der Waals surface area contributed by atoms with Crippen LogP contribution in [0.15, 0.2) is 36.4 Å². The predicted octanol–water partition coefficient (Wildman–Crippen LogP) is 4.12. The minimum Gasteiger partial charge on any atom is -0.508 e. The van der Waals surface area contributed by atoms with E-state index in [0.717, 1.165) is 31.4 Å². The van der Waals surface area contributed by atoms with Crippen molar-refractivity contribution >= 4 is 5.91 Å². The molecule has 1 amide bonds. The van der Waals surface area contributed by atoms with E-state index >= 15 is 0 Å². The molecule has 2 atom stereocenters. The van der Waals surface area contributed by atoms with Crippen molar-refractivity contribution in [2.45, 2.75) is 64.1 Å². The van der Waals surface area contributed by atoms with Crippen molar-refractivity contribution in [3.63, 3.8) is 0 Å². The molecule has 2 bridgehead atoms. The van der Waals surface area contributed by atoms with Crippen LogP contribution < -0.4 is 5.32 Å². The van der Waals surface area contributed by atoms with Gasteiger partial charge in [-0.05, 0) is 86.9 Å². The lowest BCUT2D eigenvalue weighted by molar-refractivity contribution is 0.0847. The van der Waals surface area contributed by atoms with Gasteiger partial charge in [-0.3, -0.25) is 9.69 Å². The molecule has 2 aliphatic rings. The van der Waals surface area contributed by atoms with Crippen LogP contribution in [0.1, 0.15) is 52.7 Å². The van der Waals surface area contributed by atoms with Gasteiger partial charge in [-0.2, -0.15) is 0 Å². The second-order valence-corrected chi connectivity index (χ2v) is 8.52. The van der Waals surface area contributed by atoms with Crippen LogP contribution in [0.4, 0.5) is 4.39 Å². The molecule has 0 radical (unpaired) electrons. The number of carbonyl (C=O) groups excluding carboxylic acids is 1. The average Bonchev–Trinajstić information content (AvgIpc) is 2.94. The van der Waals surface area contributed by atoms with Crippen molar-refractivity contribution in [1.82, 2.24) is 10.2 Å². The number of fused-ring (bicyclic) bond motifs is 2. The Balaban J connectivity index is 1.36. The first-order valence-corrected chi connectivity index (χ1v) is 10.5. The highest BCUT2D eigenvalue weighted by molar-refractivity contribution is 5.94. The van der Waals surface area contributed by atoms with Gasteiger partial charge in [0.15, 0.2) is 0 Å². The Labute approximate surface area is 171 Å². The number of phenols is 1. The number of benzene rings is 2. The molecule has 2 fully saturated rings. The SMILES string of the molecule is Cc1c(O)ccc(CCN2C3CCC2CC(NC(=O)c2cccc(F)c2)C3)c1C. The first kappa shape index (κ1) is 19.9. The van der Waals surface area contributed by atoms with E-state index in [1.54, 1.807) is 18.2 Å². The number of amides is 1. The van der Waals surface area contributed by atoms with Crippen molar-refractivity contribution in [3.05, 3.63) is 64.5 Å². The van der Waals surface area contributed by atoms with Crippen LogP contribution in [-0.4, -0.2) is 40.6 Å².